The van der Waals surface area contributed by atoms with Crippen molar-refractivity contribution in [3.63, 3.8) is 0 Å². The molecule has 2 aliphatic rings. The number of rotatable bonds is 4. The zero-order valence-corrected chi connectivity index (χ0v) is 11.9. The molecule has 0 unspecified atom stereocenters. The Labute approximate surface area is 119 Å². The van der Waals surface area contributed by atoms with Gasteiger partial charge in [-0.25, -0.2) is 4.39 Å². The molecule has 0 amide bonds. The van der Waals surface area contributed by atoms with Crippen LogP contribution in [0.15, 0.2) is 24.3 Å². The lowest BCUT2D eigenvalue weighted by Crippen LogP contribution is -2.41. The maximum absolute atomic E-state index is 13.0. The maximum Gasteiger partial charge on any atom is 0.123 e. The fourth-order valence-corrected chi connectivity index (χ4v) is 3.37. The summed E-state index contributed by atoms with van der Waals surface area (Å²) < 4.78 is 24.7. The lowest BCUT2D eigenvalue weighted by atomic mass is 10.0. The highest BCUT2D eigenvalue weighted by molar-refractivity contribution is 5.16. The molecule has 0 radical (unpaired) electrons. The highest BCUT2D eigenvalue weighted by Crippen LogP contribution is 2.31. The molecule has 2 saturated heterocycles. The van der Waals surface area contributed by atoms with E-state index in [1.807, 2.05) is 19.1 Å². The summed E-state index contributed by atoms with van der Waals surface area (Å²) in [4.78, 5) is 2.43. The molecule has 2 fully saturated rings. The molecule has 3 nitrogen and oxygen atoms in total. The molecule has 3 atom stereocenters. The van der Waals surface area contributed by atoms with Gasteiger partial charge in [-0.1, -0.05) is 12.1 Å². The highest BCUT2D eigenvalue weighted by Gasteiger charge is 2.44. The van der Waals surface area contributed by atoms with Crippen LogP contribution in [0, 0.1) is 5.82 Å². The van der Waals surface area contributed by atoms with Crippen LogP contribution in [0.25, 0.3) is 0 Å². The van der Waals surface area contributed by atoms with Crippen molar-refractivity contribution in [1.82, 2.24) is 4.90 Å². The average molecular weight is 279 g/mol. The first-order chi connectivity index (χ1) is 9.78. The average Bonchev–Trinajstić information content (AvgIpc) is 2.81. The molecule has 0 bridgehead atoms. The van der Waals surface area contributed by atoms with Crippen molar-refractivity contribution < 1.29 is 13.9 Å². The molecule has 1 aromatic rings. The van der Waals surface area contributed by atoms with Crippen LogP contribution in [0.2, 0.25) is 0 Å². The number of hydrogen-bond donors (Lipinski definition) is 0. The number of halogens is 1. The molecular formula is C16H22FNO2. The van der Waals surface area contributed by atoms with E-state index in [1.54, 1.807) is 0 Å². The van der Waals surface area contributed by atoms with Gasteiger partial charge in [-0.2, -0.15) is 0 Å². The van der Waals surface area contributed by atoms with Crippen LogP contribution in [0.5, 0.6) is 0 Å². The predicted molar refractivity (Wildman–Crippen MR) is 75.0 cm³/mol. The molecule has 4 heteroatoms. The summed E-state index contributed by atoms with van der Waals surface area (Å²) in [5.74, 6) is -0.179. The van der Waals surface area contributed by atoms with Crippen LogP contribution in [-0.4, -0.2) is 42.9 Å². The first-order valence-electron chi connectivity index (χ1n) is 7.49. The van der Waals surface area contributed by atoms with Crippen LogP contribution in [-0.2, 0) is 16.0 Å². The van der Waals surface area contributed by atoms with Gasteiger partial charge in [0.25, 0.3) is 0 Å². The third-order valence-corrected chi connectivity index (χ3v) is 4.26. The zero-order valence-electron chi connectivity index (χ0n) is 11.9. The molecule has 2 heterocycles. The van der Waals surface area contributed by atoms with Crippen molar-refractivity contribution in [2.24, 2.45) is 0 Å². The van der Waals surface area contributed by atoms with Gasteiger partial charge in [-0.3, -0.25) is 4.90 Å². The first-order valence-corrected chi connectivity index (χ1v) is 7.49. The first kappa shape index (κ1) is 14.0. The minimum atomic E-state index is -0.179. The molecular weight excluding hydrogens is 257 g/mol. The third-order valence-electron chi connectivity index (χ3n) is 4.26. The molecule has 0 N–H and O–H groups in total. The molecule has 0 saturated carbocycles. The lowest BCUT2D eigenvalue weighted by Gasteiger charge is -2.32. The molecule has 0 spiro atoms. The maximum atomic E-state index is 13.0. The van der Waals surface area contributed by atoms with Crippen molar-refractivity contribution in [2.75, 3.05) is 19.8 Å². The quantitative estimate of drug-likeness (QED) is 0.845. The number of nitrogens with zero attached hydrogens (tertiary/aromatic N) is 1. The van der Waals surface area contributed by atoms with Gasteiger partial charge in [0.1, 0.15) is 11.9 Å². The largest absolute Gasteiger partial charge is 0.374 e. The summed E-state index contributed by atoms with van der Waals surface area (Å²) in [5.41, 5.74) is 1.15. The standard InChI is InChI=1S/C16H22FNO2/c1-2-19-15-11-18(14-4-3-9-20-16(14)15)10-12-5-7-13(17)8-6-12/h5-8,14-16H,2-4,9-11H2,1H3/t14-,15+,16+/m0/s1. The molecule has 0 aliphatic carbocycles. The molecule has 0 aromatic heterocycles. The van der Waals surface area contributed by atoms with E-state index >= 15 is 0 Å². The Bertz CT molecular complexity index is 437. The smallest absolute Gasteiger partial charge is 0.123 e. The van der Waals surface area contributed by atoms with E-state index in [9.17, 15) is 4.39 Å². The van der Waals surface area contributed by atoms with Gasteiger partial charge in [0.05, 0.1) is 6.10 Å². The zero-order chi connectivity index (χ0) is 13.9. The van der Waals surface area contributed by atoms with Crippen molar-refractivity contribution in [3.8, 4) is 0 Å². The minimum Gasteiger partial charge on any atom is -0.374 e. The van der Waals surface area contributed by atoms with Crippen LogP contribution < -0.4 is 0 Å². The van der Waals surface area contributed by atoms with Crippen molar-refractivity contribution in [2.45, 2.75) is 44.6 Å². The van der Waals surface area contributed by atoms with Gasteiger partial charge in [0.2, 0.25) is 0 Å². The van der Waals surface area contributed by atoms with E-state index in [2.05, 4.69) is 4.90 Å². The van der Waals surface area contributed by atoms with Crippen molar-refractivity contribution >= 4 is 0 Å². The summed E-state index contributed by atoms with van der Waals surface area (Å²) in [6, 6.07) is 7.22. The number of fused-ring (bicyclic) bond motifs is 1. The van der Waals surface area contributed by atoms with Gasteiger partial charge in [-0.15, -0.1) is 0 Å². The molecule has 2 aliphatic heterocycles. The summed E-state index contributed by atoms with van der Waals surface area (Å²) in [6.07, 6.45) is 2.64. The van der Waals surface area contributed by atoms with E-state index in [0.29, 0.717) is 6.04 Å². The van der Waals surface area contributed by atoms with E-state index in [-0.39, 0.29) is 18.0 Å². The molecule has 3 rings (SSSR count). The normalized spacial score (nSPS) is 30.4. The van der Waals surface area contributed by atoms with Gasteiger partial charge in [0, 0.05) is 32.3 Å². The Morgan fingerprint density at radius 3 is 2.90 bits per heavy atom. The second kappa shape index (κ2) is 6.20. The SMILES string of the molecule is CCO[C@@H]1CN(Cc2ccc(F)cc2)[C@H]2CCCO[C@@H]12. The van der Waals surface area contributed by atoms with E-state index in [1.165, 1.54) is 12.1 Å². The Kier molecular flexibility index (Phi) is 4.34. The van der Waals surface area contributed by atoms with Gasteiger partial charge < -0.3 is 9.47 Å². The number of hydrogen-bond acceptors (Lipinski definition) is 3. The fraction of sp³-hybridized carbons (Fsp3) is 0.625. The monoisotopic (exact) mass is 279 g/mol. The van der Waals surface area contributed by atoms with Crippen molar-refractivity contribution in [3.05, 3.63) is 35.6 Å². The van der Waals surface area contributed by atoms with Crippen LogP contribution in [0.3, 0.4) is 0 Å². The van der Waals surface area contributed by atoms with E-state index in [0.717, 1.165) is 44.7 Å². The molecule has 110 valence electrons. The number of ether oxygens (including phenoxy) is 2. The third kappa shape index (κ3) is 2.87. The number of benzene rings is 1. The minimum absolute atomic E-state index is 0.172. The van der Waals surface area contributed by atoms with Crippen molar-refractivity contribution in [1.29, 1.82) is 0 Å². The van der Waals surface area contributed by atoms with Gasteiger partial charge >= 0.3 is 0 Å². The second-order valence-electron chi connectivity index (χ2n) is 5.59. The van der Waals surface area contributed by atoms with Crippen LogP contribution in [0.4, 0.5) is 4.39 Å². The molecule has 20 heavy (non-hydrogen) atoms. The Balaban J connectivity index is 1.70. The van der Waals surface area contributed by atoms with Gasteiger partial charge in [0.15, 0.2) is 0 Å². The highest BCUT2D eigenvalue weighted by atomic mass is 19.1. The summed E-state index contributed by atoms with van der Waals surface area (Å²) in [6.45, 7) is 5.34. The van der Waals surface area contributed by atoms with Crippen LogP contribution >= 0.6 is 0 Å². The Hall–Kier alpha value is -0.970. The summed E-state index contributed by atoms with van der Waals surface area (Å²) >= 11 is 0. The second-order valence-corrected chi connectivity index (χ2v) is 5.59. The van der Waals surface area contributed by atoms with E-state index in [4.69, 9.17) is 9.47 Å². The van der Waals surface area contributed by atoms with Gasteiger partial charge in [-0.05, 0) is 37.5 Å². The fourth-order valence-electron chi connectivity index (χ4n) is 3.37. The molecule has 1 aromatic carbocycles. The Morgan fingerprint density at radius 2 is 2.15 bits per heavy atom. The predicted octanol–water partition coefficient (Wildman–Crippen LogP) is 2.59. The van der Waals surface area contributed by atoms with E-state index < -0.39 is 0 Å². The van der Waals surface area contributed by atoms with Crippen LogP contribution in [0.1, 0.15) is 25.3 Å². The summed E-state index contributed by atoms with van der Waals surface area (Å²) in [7, 11) is 0. The number of likely N-dealkylation sites (tertiary alicyclic amines) is 1. The summed E-state index contributed by atoms with van der Waals surface area (Å²) in [5, 5.41) is 0. The lowest BCUT2D eigenvalue weighted by molar-refractivity contribution is -0.0749. The Morgan fingerprint density at radius 1 is 1.35 bits per heavy atom. The topological polar surface area (TPSA) is 21.7 Å².